The van der Waals surface area contributed by atoms with Crippen molar-refractivity contribution >= 4 is 0 Å². The minimum Gasteiger partial charge on any atom is -0.396 e. The maximum absolute atomic E-state index is 8.68. The van der Waals surface area contributed by atoms with Gasteiger partial charge < -0.3 is 6.87 Å². The first-order chi connectivity index (χ1) is 3.15. The summed E-state index contributed by atoms with van der Waals surface area (Å²) in [5.41, 5.74) is 0. The Morgan fingerprint density at radius 3 is 1.57 bits per heavy atom. The van der Waals surface area contributed by atoms with Gasteiger partial charge in [0.05, 0.1) is 0 Å². The molecule has 0 heterocycles. The minimum atomic E-state index is -3.76. The van der Waals surface area contributed by atoms with Crippen LogP contribution in [-0.2, 0) is 0 Å². The number of halogens is 1. The lowest BCUT2D eigenvalue weighted by Crippen LogP contribution is -3.98. The van der Waals surface area contributed by atoms with E-state index in [0.717, 1.165) is 0 Å². The summed E-state index contributed by atoms with van der Waals surface area (Å²) < 4.78 is 26.2. The third-order valence-corrected chi connectivity index (χ3v) is 0. The van der Waals surface area contributed by atoms with Crippen molar-refractivity contribution in [3.8, 4) is 0 Å². The highest BCUT2D eigenvalue weighted by Crippen LogP contribution is 1.00. The maximum atomic E-state index is 8.68. The van der Waals surface area contributed by atoms with Gasteiger partial charge in [-0.2, -0.15) is 0 Å². The second-order valence-corrected chi connectivity index (χ2v) is 1.42. The molecule has 0 aliphatic rings. The quantitative estimate of drug-likeness (QED) is 0.190. The van der Waals surface area contributed by atoms with Crippen LogP contribution in [0.2, 0.25) is 0 Å². The van der Waals surface area contributed by atoms with Crippen LogP contribution in [0.25, 0.3) is 0 Å². The predicted molar refractivity (Wildman–Crippen MR) is 8.95 cm³/mol. The van der Waals surface area contributed by atoms with E-state index in [-0.39, 0.29) is 0 Å². The van der Waals surface area contributed by atoms with E-state index < -0.39 is 21.1 Å². The van der Waals surface area contributed by atoms with Crippen molar-refractivity contribution in [1.29, 1.82) is 0 Å². The Balaban J connectivity index is 0. The number of hydrogen-bond acceptors (Lipinski definition) is 5. The molecule has 0 unspecified atom stereocenters. The van der Waals surface area contributed by atoms with Crippen LogP contribution < -0.4 is 33.2 Å². The molecule has 1 N–H and O–H groups in total. The minimum absolute atomic E-state index is 1.75. The summed E-state index contributed by atoms with van der Waals surface area (Å²) in [4.78, 5) is 7.88. The summed E-state index contributed by atoms with van der Waals surface area (Å²) in [6, 6.07) is 0. The Kier molecular flexibility index (Phi) is 13.5. The molecule has 6 nitrogen and oxygen atoms in total. The highest BCUT2D eigenvalue weighted by Gasteiger charge is 1.89. The molecule has 0 saturated heterocycles. The lowest BCUT2D eigenvalue weighted by Gasteiger charge is -1.67. The van der Waals surface area contributed by atoms with E-state index in [4.69, 9.17) is 20.5 Å². The standard InChI is InChI=1S/HIO3.O3/c2-1(3)4;1-3-2/h2H;. The average Bonchev–Trinajstić information content (AvgIpc) is 1.33. The van der Waals surface area contributed by atoms with Gasteiger partial charge >= 0.3 is 21.1 Å². The molecule has 0 aromatic rings. The fraction of sp³-hybridized carbons (Fsp3) is 0. The van der Waals surface area contributed by atoms with Gasteiger partial charge in [-0.05, 0) is 3.44 Å². The molecule has 0 saturated carbocycles. The van der Waals surface area contributed by atoms with Crippen molar-refractivity contribution in [2.75, 3.05) is 0 Å². The molecule has 0 aliphatic heterocycles. The van der Waals surface area contributed by atoms with E-state index in [1.165, 1.54) is 0 Å². The smallest absolute Gasteiger partial charge is 0.396 e. The Bertz CT molecular complexity index is 28.4. The van der Waals surface area contributed by atoms with E-state index in [1.807, 2.05) is 0 Å². The summed E-state index contributed by atoms with van der Waals surface area (Å²) in [5.74, 6) is 0. The van der Waals surface area contributed by atoms with Crippen LogP contribution in [0.3, 0.4) is 0 Å². The zero-order valence-corrected chi connectivity index (χ0v) is 5.02. The summed E-state index contributed by atoms with van der Waals surface area (Å²) in [5, 5.41) is 7.88. The monoisotopic (exact) mass is 224 g/mol. The van der Waals surface area contributed by atoms with Crippen LogP contribution in [0.15, 0.2) is 0 Å². The molecule has 0 amide bonds. The first-order valence-corrected chi connectivity index (χ1v) is 3.54. The maximum Gasteiger partial charge on any atom is 0.503 e. The zero-order valence-electron chi connectivity index (χ0n) is 2.87. The SMILES string of the molecule is O=[O+][O-].[O-][I+2]([O-])O. The van der Waals surface area contributed by atoms with Crippen LogP contribution in [0, 0.1) is 9.71 Å². The highest BCUT2D eigenvalue weighted by molar-refractivity contribution is 4.20. The molecule has 0 bridgehead atoms. The molecular formula is HIO6. The van der Waals surface area contributed by atoms with Gasteiger partial charge in [0.15, 0.2) is 4.75 Å². The van der Waals surface area contributed by atoms with Gasteiger partial charge in [-0.3, -0.25) is 0 Å². The van der Waals surface area contributed by atoms with Gasteiger partial charge in [-0.15, -0.1) is 0 Å². The van der Waals surface area contributed by atoms with Crippen LogP contribution in [0.4, 0.5) is 0 Å². The van der Waals surface area contributed by atoms with Crippen LogP contribution in [0.1, 0.15) is 0 Å². The fourth-order valence-electron chi connectivity index (χ4n) is 0. The van der Waals surface area contributed by atoms with Gasteiger partial charge in [0.25, 0.3) is 0 Å². The van der Waals surface area contributed by atoms with Crippen molar-refractivity contribution < 1.29 is 36.6 Å². The number of rotatable bonds is 0. The third kappa shape index (κ3) is 966000. The van der Waals surface area contributed by atoms with Crippen LogP contribution in [0.5, 0.6) is 0 Å². The van der Waals surface area contributed by atoms with E-state index in [2.05, 4.69) is 0 Å². The van der Waals surface area contributed by atoms with Crippen molar-refractivity contribution in [2.45, 2.75) is 0 Å². The van der Waals surface area contributed by atoms with Crippen molar-refractivity contribution in [2.24, 2.45) is 0 Å². The second kappa shape index (κ2) is 9.38. The molecule has 0 radical (unpaired) electrons. The summed E-state index contributed by atoms with van der Waals surface area (Å²) >= 11 is -3.76. The van der Waals surface area contributed by atoms with E-state index in [9.17, 15) is 0 Å². The van der Waals surface area contributed by atoms with Crippen LogP contribution >= 0.6 is 0 Å². The Hall–Kier alpha value is 0.01000. The van der Waals surface area contributed by atoms with Crippen LogP contribution in [-0.4, -0.2) is 3.44 Å². The molecule has 0 rings (SSSR count). The zero-order chi connectivity index (χ0) is 6.28. The molecule has 0 spiro atoms. The van der Waals surface area contributed by atoms with Crippen molar-refractivity contribution in [3.05, 3.63) is 9.71 Å². The van der Waals surface area contributed by atoms with E-state index >= 15 is 0 Å². The summed E-state index contributed by atoms with van der Waals surface area (Å²) in [6.07, 6.45) is 0. The molecule has 0 aromatic carbocycles. The van der Waals surface area contributed by atoms with Gasteiger partial charge in [0, 0.05) is 0 Å². The molecular weight excluding hydrogens is 223 g/mol. The van der Waals surface area contributed by atoms with Gasteiger partial charge in [-0.1, -0.05) is 10.2 Å². The fourth-order valence-corrected chi connectivity index (χ4v) is 0. The van der Waals surface area contributed by atoms with E-state index in [0.29, 0.717) is 0 Å². The molecule has 0 fully saturated rings. The lowest BCUT2D eigenvalue weighted by molar-refractivity contribution is -1.63. The first-order valence-electron chi connectivity index (χ1n) is 0.811. The molecule has 0 atom stereocenters. The molecule has 44 valence electrons. The predicted octanol–water partition coefficient (Wildman–Crippen LogP) is -7.05. The average molecular weight is 224 g/mol. The largest absolute Gasteiger partial charge is 0.503 e. The molecule has 0 aromatic heterocycles. The summed E-state index contributed by atoms with van der Waals surface area (Å²) in [6.45, 7) is 0. The third-order valence-electron chi connectivity index (χ3n) is 0. The second-order valence-electron chi connectivity index (χ2n) is 0.269. The highest BCUT2D eigenvalue weighted by atomic mass is 127. The van der Waals surface area contributed by atoms with Gasteiger partial charge in [0.2, 0.25) is 0 Å². The van der Waals surface area contributed by atoms with E-state index in [1.54, 1.807) is 4.75 Å². The summed E-state index contributed by atoms with van der Waals surface area (Å²) in [7, 11) is 0. The first kappa shape index (κ1) is 10.1. The molecule has 0 aliphatic carbocycles. The molecule has 7 heteroatoms. The topological polar surface area (TPSA) is 118 Å². The molecule has 7 heavy (non-hydrogen) atoms. The Morgan fingerprint density at radius 1 is 1.57 bits per heavy atom. The normalized spacial score (nSPS) is 6.86. The Morgan fingerprint density at radius 2 is 1.57 bits per heavy atom. The van der Waals surface area contributed by atoms with Gasteiger partial charge in [-0.25, -0.2) is 0 Å². The Labute approximate surface area is 46.9 Å². The van der Waals surface area contributed by atoms with Crippen molar-refractivity contribution in [3.63, 3.8) is 0 Å². The van der Waals surface area contributed by atoms with Crippen molar-refractivity contribution in [1.82, 2.24) is 0 Å². The van der Waals surface area contributed by atoms with Gasteiger partial charge in [0.1, 0.15) is 0 Å². The number of hydrogen-bond donors (Lipinski definition) is 1. The lowest BCUT2D eigenvalue weighted by atomic mass is 14.8.